The molecule has 0 aromatic rings. The minimum atomic E-state index is -1.34. The summed E-state index contributed by atoms with van der Waals surface area (Å²) in [6.07, 6.45) is -1.12. The van der Waals surface area contributed by atoms with E-state index in [1.807, 2.05) is 0 Å². The molecule has 0 amide bonds. The van der Waals surface area contributed by atoms with Crippen molar-refractivity contribution in [2.75, 3.05) is 6.61 Å². The molecular formula is C6H8ClFO2. The summed E-state index contributed by atoms with van der Waals surface area (Å²) in [5, 5.41) is 0. The minimum Gasteiger partial charge on any atom is -0.465 e. The van der Waals surface area contributed by atoms with Gasteiger partial charge in [-0.1, -0.05) is 0 Å². The predicted octanol–water partition coefficient (Wildman–Crippen LogP) is 1.27. The third kappa shape index (κ3) is 1.10. The van der Waals surface area contributed by atoms with Gasteiger partial charge in [0.2, 0.25) is 0 Å². The van der Waals surface area contributed by atoms with Crippen LogP contribution in [0.2, 0.25) is 0 Å². The predicted molar refractivity (Wildman–Crippen MR) is 34.7 cm³/mol. The van der Waals surface area contributed by atoms with Gasteiger partial charge in [0.05, 0.1) is 6.61 Å². The van der Waals surface area contributed by atoms with Crippen molar-refractivity contribution in [1.82, 2.24) is 0 Å². The lowest BCUT2D eigenvalue weighted by molar-refractivity contribution is -0.143. The van der Waals surface area contributed by atoms with Crippen molar-refractivity contribution in [3.05, 3.63) is 0 Å². The van der Waals surface area contributed by atoms with Crippen LogP contribution < -0.4 is 0 Å². The molecule has 0 radical (unpaired) electrons. The number of hydrogen-bond acceptors (Lipinski definition) is 2. The van der Waals surface area contributed by atoms with E-state index in [0.717, 1.165) is 0 Å². The Morgan fingerprint density at radius 1 is 2.00 bits per heavy atom. The Morgan fingerprint density at radius 3 is 2.80 bits per heavy atom. The zero-order valence-corrected chi connectivity index (χ0v) is 6.32. The number of carbonyl (C=O) groups is 1. The second-order valence-electron chi connectivity index (χ2n) is 2.25. The summed E-state index contributed by atoms with van der Waals surface area (Å²) < 4.78 is 16.8. The second kappa shape index (κ2) is 2.38. The number of esters is 1. The molecule has 4 heteroatoms. The molecule has 1 aliphatic rings. The molecule has 0 N–H and O–H groups in total. The number of ether oxygens (including phenoxy) is 1. The van der Waals surface area contributed by atoms with Gasteiger partial charge in [-0.2, -0.15) is 0 Å². The second-order valence-corrected chi connectivity index (χ2v) is 2.93. The Balaban J connectivity index is 2.43. The van der Waals surface area contributed by atoms with Crippen molar-refractivity contribution >= 4 is 17.6 Å². The van der Waals surface area contributed by atoms with Crippen molar-refractivity contribution in [1.29, 1.82) is 0 Å². The van der Waals surface area contributed by atoms with E-state index >= 15 is 0 Å². The fourth-order valence-corrected chi connectivity index (χ4v) is 0.854. The molecule has 0 aromatic heterocycles. The zero-order chi connectivity index (χ0) is 7.78. The summed E-state index contributed by atoms with van der Waals surface area (Å²) in [7, 11) is 0. The van der Waals surface area contributed by atoms with E-state index < -0.39 is 17.0 Å². The van der Waals surface area contributed by atoms with Gasteiger partial charge in [-0.05, 0) is 6.92 Å². The lowest BCUT2D eigenvalue weighted by atomic mass is 10.4. The summed E-state index contributed by atoms with van der Waals surface area (Å²) in [6, 6.07) is 0. The van der Waals surface area contributed by atoms with Gasteiger partial charge in [0.15, 0.2) is 4.87 Å². The summed E-state index contributed by atoms with van der Waals surface area (Å²) >= 11 is 5.47. The molecule has 1 aliphatic carbocycles. The highest BCUT2D eigenvalue weighted by Gasteiger charge is 2.61. The molecule has 0 unspecified atom stereocenters. The van der Waals surface area contributed by atoms with Crippen molar-refractivity contribution in [2.24, 2.45) is 0 Å². The number of rotatable bonds is 2. The molecule has 2 atom stereocenters. The van der Waals surface area contributed by atoms with Gasteiger partial charge in [0, 0.05) is 6.42 Å². The van der Waals surface area contributed by atoms with E-state index in [1.165, 1.54) is 0 Å². The Labute approximate surface area is 63.3 Å². The first-order valence-electron chi connectivity index (χ1n) is 3.11. The van der Waals surface area contributed by atoms with E-state index in [4.69, 9.17) is 11.6 Å². The van der Waals surface area contributed by atoms with Crippen molar-refractivity contribution in [3.8, 4) is 0 Å². The maximum Gasteiger partial charge on any atom is 0.330 e. The van der Waals surface area contributed by atoms with Gasteiger partial charge < -0.3 is 4.74 Å². The summed E-state index contributed by atoms with van der Waals surface area (Å²) in [6.45, 7) is 1.91. The minimum absolute atomic E-state index is 0.0907. The number of halogens is 2. The Bertz CT molecular complexity index is 162. The fourth-order valence-electron chi connectivity index (χ4n) is 0.664. The van der Waals surface area contributed by atoms with E-state index in [-0.39, 0.29) is 13.0 Å². The lowest BCUT2D eigenvalue weighted by Gasteiger charge is -2.03. The monoisotopic (exact) mass is 166 g/mol. The molecule has 1 saturated carbocycles. The van der Waals surface area contributed by atoms with E-state index in [0.29, 0.717) is 0 Å². The largest absolute Gasteiger partial charge is 0.465 e. The Kier molecular flexibility index (Phi) is 1.86. The zero-order valence-electron chi connectivity index (χ0n) is 5.56. The lowest BCUT2D eigenvalue weighted by Crippen LogP contribution is -2.21. The third-order valence-electron chi connectivity index (χ3n) is 1.43. The van der Waals surface area contributed by atoms with Gasteiger partial charge in [-0.25, -0.2) is 4.39 Å². The van der Waals surface area contributed by atoms with Crippen LogP contribution in [0.4, 0.5) is 4.39 Å². The molecule has 0 aromatic carbocycles. The standard InChI is InChI=1S/C6H8ClFO2/c1-2-10-5(9)6(7)3-4(6)8/h4H,2-3H2,1H3/t4-,6-/m0/s1. The molecule has 10 heavy (non-hydrogen) atoms. The van der Waals surface area contributed by atoms with Crippen LogP contribution in [0.25, 0.3) is 0 Å². The van der Waals surface area contributed by atoms with Gasteiger partial charge in [-0.3, -0.25) is 4.79 Å². The van der Waals surface area contributed by atoms with Crippen molar-refractivity contribution in [3.63, 3.8) is 0 Å². The van der Waals surface area contributed by atoms with Crippen LogP contribution >= 0.6 is 11.6 Å². The molecule has 0 bridgehead atoms. The van der Waals surface area contributed by atoms with Crippen LogP contribution in [0.1, 0.15) is 13.3 Å². The van der Waals surface area contributed by atoms with Crippen LogP contribution in [0.15, 0.2) is 0 Å². The first-order chi connectivity index (χ1) is 4.61. The van der Waals surface area contributed by atoms with Crippen LogP contribution in [-0.2, 0) is 9.53 Å². The van der Waals surface area contributed by atoms with Crippen molar-refractivity contribution < 1.29 is 13.9 Å². The first kappa shape index (κ1) is 7.79. The average molecular weight is 167 g/mol. The number of alkyl halides is 2. The SMILES string of the molecule is CCOC(=O)[C@]1(Cl)C[C@@H]1F. The quantitative estimate of drug-likeness (QED) is 0.456. The molecule has 0 saturated heterocycles. The smallest absolute Gasteiger partial charge is 0.330 e. The summed E-state index contributed by atoms with van der Waals surface area (Å²) in [4.78, 5) is 9.41. The molecule has 0 heterocycles. The molecule has 0 spiro atoms. The highest BCUT2D eigenvalue weighted by Crippen LogP contribution is 2.46. The first-order valence-corrected chi connectivity index (χ1v) is 3.49. The van der Waals surface area contributed by atoms with Crippen LogP contribution in [0, 0.1) is 0 Å². The third-order valence-corrected chi connectivity index (χ3v) is 1.97. The average Bonchev–Trinajstić information content (AvgIpc) is 2.43. The highest BCUT2D eigenvalue weighted by atomic mass is 35.5. The molecule has 1 fully saturated rings. The van der Waals surface area contributed by atoms with E-state index in [2.05, 4.69) is 4.74 Å². The van der Waals surface area contributed by atoms with Gasteiger partial charge in [-0.15, -0.1) is 11.6 Å². The molecule has 1 rings (SSSR count). The summed E-state index contributed by atoms with van der Waals surface area (Å²) in [5.74, 6) is -0.635. The topological polar surface area (TPSA) is 26.3 Å². The van der Waals surface area contributed by atoms with Gasteiger partial charge in [0.1, 0.15) is 6.17 Å². The number of carbonyl (C=O) groups excluding carboxylic acids is 1. The molecule has 2 nitrogen and oxygen atoms in total. The van der Waals surface area contributed by atoms with Crippen LogP contribution in [0.3, 0.4) is 0 Å². The van der Waals surface area contributed by atoms with E-state index in [9.17, 15) is 9.18 Å². The maximum atomic E-state index is 12.3. The normalized spacial score (nSPS) is 37.3. The maximum absolute atomic E-state index is 12.3. The van der Waals surface area contributed by atoms with Crippen molar-refractivity contribution in [2.45, 2.75) is 24.4 Å². The number of hydrogen-bond donors (Lipinski definition) is 0. The summed E-state index contributed by atoms with van der Waals surface area (Å²) in [5.41, 5.74) is 0. The Morgan fingerprint density at radius 2 is 2.50 bits per heavy atom. The van der Waals surface area contributed by atoms with Gasteiger partial charge >= 0.3 is 5.97 Å². The molecular weight excluding hydrogens is 159 g/mol. The van der Waals surface area contributed by atoms with Crippen LogP contribution in [0.5, 0.6) is 0 Å². The highest BCUT2D eigenvalue weighted by molar-refractivity contribution is 6.37. The van der Waals surface area contributed by atoms with E-state index in [1.54, 1.807) is 6.92 Å². The van der Waals surface area contributed by atoms with Crippen LogP contribution in [-0.4, -0.2) is 23.6 Å². The molecule has 0 aliphatic heterocycles. The Hall–Kier alpha value is -0.310. The molecule has 58 valence electrons. The van der Waals surface area contributed by atoms with Gasteiger partial charge in [0.25, 0.3) is 0 Å². The fraction of sp³-hybridized carbons (Fsp3) is 0.833.